The fourth-order valence-corrected chi connectivity index (χ4v) is 3.16. The molecular formula is C19H14BrN5O. The van der Waals surface area contributed by atoms with Crippen molar-refractivity contribution in [1.82, 2.24) is 20.0 Å². The maximum Gasteiger partial charge on any atom is 0.274 e. The number of benzene rings is 2. The van der Waals surface area contributed by atoms with Gasteiger partial charge in [0.1, 0.15) is 11.4 Å². The molecule has 0 bridgehead atoms. The molecule has 26 heavy (non-hydrogen) atoms. The first-order chi connectivity index (χ1) is 12.7. The summed E-state index contributed by atoms with van der Waals surface area (Å²) < 4.78 is 2.32. The average molecular weight is 408 g/mol. The quantitative estimate of drug-likeness (QED) is 0.530. The summed E-state index contributed by atoms with van der Waals surface area (Å²) >= 11 is 3.47. The van der Waals surface area contributed by atoms with Crippen molar-refractivity contribution in [3.63, 3.8) is 0 Å². The molecule has 2 N–H and O–H groups in total. The summed E-state index contributed by atoms with van der Waals surface area (Å²) in [6.45, 7) is 0. The summed E-state index contributed by atoms with van der Waals surface area (Å²) in [5.74, 6) is -0.292. The standard InChI is InChI=1S/C19H14BrN5O/c20-16-17(13-7-3-1-4-8-13)23-24-18(16)19(26)22-14-11-21-25(12-14)15-9-5-2-6-10-15/h1-12H,(H,22,26)(H,23,24). The largest absolute Gasteiger partial charge is 0.318 e. The summed E-state index contributed by atoms with van der Waals surface area (Å²) in [6, 6.07) is 19.3. The van der Waals surface area contributed by atoms with Crippen molar-refractivity contribution >= 4 is 27.5 Å². The number of nitrogens with zero attached hydrogens (tertiary/aromatic N) is 3. The minimum absolute atomic E-state index is 0.292. The lowest BCUT2D eigenvalue weighted by Crippen LogP contribution is -2.12. The van der Waals surface area contributed by atoms with Crippen molar-refractivity contribution in [2.24, 2.45) is 0 Å². The molecule has 128 valence electrons. The highest BCUT2D eigenvalue weighted by atomic mass is 79.9. The Kier molecular flexibility index (Phi) is 4.37. The number of carbonyl (C=O) groups is 1. The number of nitrogens with one attached hydrogen (secondary N) is 2. The second-order valence-corrected chi connectivity index (χ2v) is 6.38. The Bertz CT molecular complexity index is 1040. The molecule has 0 radical (unpaired) electrons. The Morgan fingerprint density at radius 2 is 1.73 bits per heavy atom. The Morgan fingerprint density at radius 3 is 2.46 bits per heavy atom. The van der Waals surface area contributed by atoms with Crippen molar-refractivity contribution in [3.05, 3.63) is 83.2 Å². The fourth-order valence-electron chi connectivity index (χ4n) is 2.57. The van der Waals surface area contributed by atoms with E-state index < -0.39 is 0 Å². The van der Waals surface area contributed by atoms with E-state index in [4.69, 9.17) is 0 Å². The van der Waals surface area contributed by atoms with Crippen LogP contribution in [0.3, 0.4) is 0 Å². The lowest BCUT2D eigenvalue weighted by Gasteiger charge is -2.02. The molecule has 0 spiro atoms. The highest BCUT2D eigenvalue weighted by Gasteiger charge is 2.18. The zero-order valence-corrected chi connectivity index (χ0v) is 15.1. The first-order valence-corrected chi connectivity index (χ1v) is 8.72. The van der Waals surface area contributed by atoms with Gasteiger partial charge in [-0.1, -0.05) is 48.5 Å². The van der Waals surface area contributed by atoms with Gasteiger partial charge >= 0.3 is 0 Å². The minimum atomic E-state index is -0.292. The number of rotatable bonds is 4. The Labute approximate surface area is 158 Å². The second-order valence-electron chi connectivity index (χ2n) is 5.59. The SMILES string of the molecule is O=C(Nc1cnn(-c2ccccc2)c1)c1[nH]nc(-c2ccccc2)c1Br. The second kappa shape index (κ2) is 6.97. The highest BCUT2D eigenvalue weighted by molar-refractivity contribution is 9.10. The molecule has 4 aromatic rings. The van der Waals surface area contributed by atoms with Gasteiger partial charge in [-0.05, 0) is 28.1 Å². The molecule has 1 amide bonds. The van der Waals surface area contributed by atoms with Gasteiger partial charge in [-0.2, -0.15) is 10.2 Å². The number of halogens is 1. The number of hydrogen-bond acceptors (Lipinski definition) is 3. The molecule has 0 aliphatic carbocycles. The predicted octanol–water partition coefficient (Wildman–Crippen LogP) is 4.28. The van der Waals surface area contributed by atoms with Crippen LogP contribution in [0.2, 0.25) is 0 Å². The van der Waals surface area contributed by atoms with E-state index in [1.54, 1.807) is 17.1 Å². The normalized spacial score (nSPS) is 10.7. The highest BCUT2D eigenvalue weighted by Crippen LogP contribution is 2.29. The molecule has 7 heteroatoms. The number of aromatic nitrogens is 4. The van der Waals surface area contributed by atoms with Crippen LogP contribution in [-0.2, 0) is 0 Å². The van der Waals surface area contributed by atoms with Crippen LogP contribution in [0.1, 0.15) is 10.5 Å². The van der Waals surface area contributed by atoms with Crippen LogP contribution in [-0.4, -0.2) is 25.9 Å². The number of hydrogen-bond donors (Lipinski definition) is 2. The van der Waals surface area contributed by atoms with Crippen LogP contribution >= 0.6 is 15.9 Å². The van der Waals surface area contributed by atoms with Crippen LogP contribution < -0.4 is 5.32 Å². The van der Waals surface area contributed by atoms with Crippen molar-refractivity contribution < 1.29 is 4.79 Å². The Balaban J connectivity index is 1.55. The van der Waals surface area contributed by atoms with E-state index in [1.165, 1.54) is 0 Å². The summed E-state index contributed by atoms with van der Waals surface area (Å²) in [7, 11) is 0. The number of carbonyl (C=O) groups excluding carboxylic acids is 1. The summed E-state index contributed by atoms with van der Waals surface area (Å²) in [5, 5.41) is 14.1. The summed E-state index contributed by atoms with van der Waals surface area (Å²) in [4.78, 5) is 12.6. The molecule has 2 aromatic carbocycles. The maximum atomic E-state index is 12.6. The molecule has 0 fully saturated rings. The van der Waals surface area contributed by atoms with Crippen LogP contribution in [0.5, 0.6) is 0 Å². The van der Waals surface area contributed by atoms with E-state index >= 15 is 0 Å². The van der Waals surface area contributed by atoms with Crippen molar-refractivity contribution in [3.8, 4) is 16.9 Å². The molecule has 0 atom stereocenters. The smallest absolute Gasteiger partial charge is 0.274 e. The molecule has 0 saturated heterocycles. The van der Waals surface area contributed by atoms with Gasteiger partial charge in [-0.15, -0.1) is 0 Å². The topological polar surface area (TPSA) is 75.6 Å². The van der Waals surface area contributed by atoms with E-state index in [0.717, 1.165) is 11.3 Å². The zero-order valence-electron chi connectivity index (χ0n) is 13.6. The minimum Gasteiger partial charge on any atom is -0.318 e. The third kappa shape index (κ3) is 3.16. The molecule has 2 aromatic heterocycles. The lowest BCUT2D eigenvalue weighted by molar-refractivity contribution is 0.102. The third-order valence-corrected chi connectivity index (χ3v) is 4.61. The molecule has 0 saturated carbocycles. The van der Waals surface area contributed by atoms with Gasteiger partial charge in [0.25, 0.3) is 5.91 Å². The van der Waals surface area contributed by atoms with Gasteiger partial charge in [0.05, 0.1) is 28.2 Å². The van der Waals surface area contributed by atoms with E-state index in [2.05, 4.69) is 36.5 Å². The number of H-pyrrole nitrogens is 1. The molecule has 6 nitrogen and oxygen atoms in total. The average Bonchev–Trinajstić information content (AvgIpc) is 3.30. The molecule has 4 rings (SSSR count). The van der Waals surface area contributed by atoms with E-state index in [-0.39, 0.29) is 5.91 Å². The zero-order chi connectivity index (χ0) is 17.9. The van der Waals surface area contributed by atoms with Crippen molar-refractivity contribution in [2.45, 2.75) is 0 Å². The summed E-state index contributed by atoms with van der Waals surface area (Å²) in [5.41, 5.74) is 3.49. The first kappa shape index (κ1) is 16.3. The number of anilines is 1. The lowest BCUT2D eigenvalue weighted by atomic mass is 10.1. The maximum absolute atomic E-state index is 12.6. The Hall–Kier alpha value is -3.19. The van der Waals surface area contributed by atoms with Crippen LogP contribution in [0.15, 0.2) is 77.5 Å². The number of amides is 1. The molecule has 0 aliphatic heterocycles. The van der Waals surface area contributed by atoms with Gasteiger partial charge in [0, 0.05) is 5.56 Å². The van der Waals surface area contributed by atoms with Gasteiger partial charge in [-0.3, -0.25) is 9.89 Å². The monoisotopic (exact) mass is 407 g/mol. The van der Waals surface area contributed by atoms with Crippen molar-refractivity contribution in [2.75, 3.05) is 5.32 Å². The molecule has 0 aliphatic rings. The number of aromatic amines is 1. The number of para-hydroxylation sites is 1. The van der Waals surface area contributed by atoms with Crippen molar-refractivity contribution in [1.29, 1.82) is 0 Å². The van der Waals surface area contributed by atoms with Crippen LogP contribution in [0.4, 0.5) is 5.69 Å². The third-order valence-electron chi connectivity index (χ3n) is 3.84. The van der Waals surface area contributed by atoms with Gasteiger partial charge in [0.15, 0.2) is 0 Å². The molecule has 0 unspecified atom stereocenters. The predicted molar refractivity (Wildman–Crippen MR) is 103 cm³/mol. The molecule has 2 heterocycles. The van der Waals surface area contributed by atoms with Gasteiger partial charge in [-0.25, -0.2) is 4.68 Å². The van der Waals surface area contributed by atoms with E-state index in [1.807, 2.05) is 60.7 Å². The summed E-state index contributed by atoms with van der Waals surface area (Å²) in [6.07, 6.45) is 3.36. The fraction of sp³-hybridized carbons (Fsp3) is 0. The van der Waals surface area contributed by atoms with E-state index in [0.29, 0.717) is 21.5 Å². The molecular weight excluding hydrogens is 394 g/mol. The van der Waals surface area contributed by atoms with Crippen LogP contribution in [0.25, 0.3) is 16.9 Å². The van der Waals surface area contributed by atoms with E-state index in [9.17, 15) is 4.79 Å². The Morgan fingerprint density at radius 1 is 1.04 bits per heavy atom. The van der Waals surface area contributed by atoms with Gasteiger partial charge < -0.3 is 5.32 Å². The first-order valence-electron chi connectivity index (χ1n) is 7.93. The van der Waals surface area contributed by atoms with Gasteiger partial charge in [0.2, 0.25) is 0 Å². The van der Waals surface area contributed by atoms with Crippen LogP contribution in [0, 0.1) is 0 Å².